The number of benzene rings is 12. The Hall–Kier alpha value is -13.4. The van der Waals surface area contributed by atoms with E-state index >= 15 is 0 Å². The third-order valence-corrected chi connectivity index (χ3v) is 33.3. The average Bonchev–Trinajstić information content (AvgIpc) is 0.729. The maximum atomic E-state index is 13.1. The van der Waals surface area contributed by atoms with Gasteiger partial charge in [0.1, 0.15) is 44.3 Å². The molecule has 4 aliphatic carbocycles. The number of carbonyl (C=O) groups excluding carboxylic acids is 6. The molecule has 2 aliphatic heterocycles. The van der Waals surface area contributed by atoms with E-state index in [0.717, 1.165) is 49.8 Å². The summed E-state index contributed by atoms with van der Waals surface area (Å²) in [7, 11) is 1.87. The van der Waals surface area contributed by atoms with E-state index in [9.17, 15) is 63.9 Å². The first-order valence-electron chi connectivity index (χ1n) is 49.2. The molecular formula is C119H126F8N6O13S4+4. The van der Waals surface area contributed by atoms with Gasteiger partial charge in [0.25, 0.3) is 0 Å². The Balaban J connectivity index is 0.000000153. The van der Waals surface area contributed by atoms with Crippen molar-refractivity contribution in [3.8, 4) is 0 Å². The van der Waals surface area contributed by atoms with Crippen LogP contribution < -0.4 is 0 Å². The maximum absolute atomic E-state index is 13.1. The summed E-state index contributed by atoms with van der Waals surface area (Å²) in [5.41, 5.74) is 2.94. The number of esters is 4. The summed E-state index contributed by atoms with van der Waals surface area (Å²) in [6, 6.07) is 123. The van der Waals surface area contributed by atoms with Gasteiger partial charge in [0.2, 0.25) is 0 Å². The molecule has 4 bridgehead atoms. The molecule has 12 aromatic carbocycles. The standard InChI is InChI=1S/C21H21S.C18H22F2N2O4.3C18H15S.C9H10F2N2O4.C9H15F2NO2.C8H13F2NO3/c1-16-4-10-19(11-5-16)22(20-12-6-17(2)7-13-20)21-14-8-18(3)9-15-21;1-16(19,20)14(23)25-10-17-5-12-4-13(6-17)8-18(7-12,9-17)26-15(24)22-3-2-21-11-22;3*1-4-10-16(11-5-1)19(17-12-6-2-7-13-17)18-14-8-3-9-15-18;1-9(10,11)7(14)16-4-5-17-8(15)13-3-2-12-6-13;1-9(10,11)8(13)14-7-3-5-12(2)6-4-7;1-8(9,10)7(12)14-6-11-2-4-13-5-3-11/h4-15H,1-3H3;2-3,11-13H,4-10H2,1H3;3*1-15H;2-3,6H,4-5H2,1H3;7H,3-6H2,1-2H3;2-6H2,1H3/q+1;;3*+1;;;. The number of hydrogen-bond donors (Lipinski definition) is 0. The number of imidazole rings is 2. The number of aromatic nitrogens is 4. The SMILES string of the molecule is CC(F)(F)C(=O)OCC12CC3CC(C1)CC(OC(=O)n1ccnc1)(C3)C2.CC(F)(F)C(=O)OCCOC(=O)n1ccnc1.CC(F)(F)C(=O)OCN1CCOCC1.CN1CCC(OC(=O)C(C)(F)F)CC1.Cc1ccc([S+](c2ccc(C)cc2)c2ccc(C)cc2)cc1.c1ccc([S+](c2ccccc2)c2ccccc2)cc1.c1ccc([S+](c2ccccc2)c2ccccc2)cc1.c1ccc([S+](c2ccccc2)c2ccccc2)cc1. The number of likely N-dealkylation sites (tertiary alicyclic amines) is 1. The summed E-state index contributed by atoms with van der Waals surface area (Å²) >= 11 is 0. The fraction of sp³-hybridized carbons (Fsp3) is 0.294. The van der Waals surface area contributed by atoms with E-state index in [-0.39, 0.29) is 75.0 Å². The van der Waals surface area contributed by atoms with Gasteiger partial charge >= 0.3 is 59.8 Å². The molecule has 2 atom stereocenters. The van der Waals surface area contributed by atoms with Gasteiger partial charge in [-0.05, 0) is 237 Å². The smallest absolute Gasteiger partial charge is 0.419 e. The van der Waals surface area contributed by atoms with E-state index < -0.39 is 72.0 Å². The van der Waals surface area contributed by atoms with Gasteiger partial charge in [-0.3, -0.25) is 4.90 Å². The summed E-state index contributed by atoms with van der Waals surface area (Å²) in [5.74, 6) is -19.1. The molecule has 0 amide bonds. The van der Waals surface area contributed by atoms with Gasteiger partial charge < -0.3 is 38.1 Å². The normalized spacial score (nSPS) is 16.7. The van der Waals surface area contributed by atoms with Crippen molar-refractivity contribution in [1.82, 2.24) is 28.9 Å². The molecule has 14 aromatic rings. The minimum Gasteiger partial charge on any atom is -0.461 e. The van der Waals surface area contributed by atoms with Gasteiger partial charge in [0, 0.05) is 84.1 Å². The van der Waals surface area contributed by atoms with Crippen LogP contribution in [0.1, 0.15) is 95.8 Å². The molecule has 4 saturated carbocycles. The Morgan fingerprint density at radius 3 is 0.927 bits per heavy atom. The molecule has 2 unspecified atom stereocenters. The van der Waals surface area contributed by atoms with Crippen LogP contribution in [-0.4, -0.2) is 173 Å². The Morgan fingerprint density at radius 2 is 0.633 bits per heavy atom. The average molecular weight is 2130 g/mol. The monoisotopic (exact) mass is 2130 g/mol. The molecule has 0 N–H and O–H groups in total. The van der Waals surface area contributed by atoms with E-state index in [4.69, 9.17) is 14.2 Å². The van der Waals surface area contributed by atoms with Crippen LogP contribution in [0, 0.1) is 38.0 Å². The summed E-state index contributed by atoms with van der Waals surface area (Å²) in [5, 5.41) is 0. The maximum Gasteiger partial charge on any atom is 0.419 e. The zero-order valence-electron chi connectivity index (χ0n) is 85.0. The van der Waals surface area contributed by atoms with Crippen LogP contribution in [0.4, 0.5) is 44.7 Å². The fourth-order valence-corrected chi connectivity index (χ4v) is 25.8. The van der Waals surface area contributed by atoms with E-state index in [1.54, 1.807) is 4.90 Å². The quantitative estimate of drug-likeness (QED) is 0.0171. The highest BCUT2D eigenvalue weighted by Gasteiger charge is 2.61. The predicted molar refractivity (Wildman–Crippen MR) is 567 cm³/mol. The van der Waals surface area contributed by atoms with Gasteiger partial charge in [-0.2, -0.15) is 35.1 Å². The molecule has 150 heavy (non-hydrogen) atoms. The van der Waals surface area contributed by atoms with Crippen molar-refractivity contribution in [2.75, 3.05) is 73.0 Å². The van der Waals surface area contributed by atoms with Gasteiger partial charge in [-0.15, -0.1) is 0 Å². The van der Waals surface area contributed by atoms with Gasteiger partial charge in [-0.25, -0.2) is 47.9 Å². The van der Waals surface area contributed by atoms with E-state index in [1.165, 1.54) is 117 Å². The number of carbonyl (C=O) groups is 6. The number of piperidine rings is 1. The Bertz CT molecular complexity index is 5710. The second-order valence-electron chi connectivity index (χ2n) is 37.0. The van der Waals surface area contributed by atoms with Crippen molar-refractivity contribution in [3.05, 3.63) is 400 Å². The number of aryl methyl sites for hydroxylation is 3. The fourth-order valence-electron chi connectivity index (χ4n) is 17.5. The van der Waals surface area contributed by atoms with Gasteiger partial charge in [0.05, 0.1) is 63.4 Å². The number of nitrogens with zero attached hydrogens (tertiary/aromatic N) is 6. The number of morpholine rings is 1. The van der Waals surface area contributed by atoms with Crippen LogP contribution in [0.3, 0.4) is 0 Å². The van der Waals surface area contributed by atoms with E-state index in [2.05, 4.69) is 400 Å². The molecule has 19 nitrogen and oxygen atoms in total. The third kappa shape index (κ3) is 36.2. The van der Waals surface area contributed by atoms with Crippen molar-refractivity contribution in [1.29, 1.82) is 0 Å². The predicted octanol–water partition coefficient (Wildman–Crippen LogP) is 26.3. The molecule has 2 aromatic heterocycles. The first-order chi connectivity index (χ1) is 72.0. The van der Waals surface area contributed by atoms with E-state index in [1.807, 2.05) is 7.05 Å². The molecule has 4 heterocycles. The zero-order valence-corrected chi connectivity index (χ0v) is 88.2. The third-order valence-electron chi connectivity index (χ3n) is 24.3. The molecule has 0 radical (unpaired) electrons. The minimum absolute atomic E-state index is 0.0146. The van der Waals surface area contributed by atoms with Crippen LogP contribution >= 0.6 is 0 Å². The number of alkyl halides is 8. The van der Waals surface area contributed by atoms with Crippen molar-refractivity contribution in [2.45, 2.75) is 194 Å². The highest BCUT2D eigenvalue weighted by Crippen LogP contribution is 2.63. The summed E-state index contributed by atoms with van der Waals surface area (Å²) < 4.78 is 137. The van der Waals surface area contributed by atoms with Crippen molar-refractivity contribution in [2.24, 2.45) is 17.3 Å². The van der Waals surface area contributed by atoms with Gasteiger partial charge in [0.15, 0.2) is 58.7 Å². The number of halogens is 8. The van der Waals surface area contributed by atoms with E-state index in [0.29, 0.717) is 85.1 Å². The molecule has 2 saturated heterocycles. The molecule has 6 fully saturated rings. The van der Waals surface area contributed by atoms with Gasteiger partial charge in [-0.1, -0.05) is 217 Å². The minimum atomic E-state index is -3.55. The number of rotatable bonds is 25. The highest BCUT2D eigenvalue weighted by molar-refractivity contribution is 7.98. The lowest BCUT2D eigenvalue weighted by Gasteiger charge is -2.60. The first kappa shape index (κ1) is 115. The first-order valence-corrected chi connectivity index (χ1v) is 54.1. The lowest BCUT2D eigenvalue weighted by Crippen LogP contribution is -2.59. The number of ether oxygens (including phenoxy) is 7. The lowest BCUT2D eigenvalue weighted by molar-refractivity contribution is -0.197. The number of hydrogen-bond acceptors (Lipinski definition) is 17. The molecule has 31 heteroatoms. The topological polar surface area (TPSA) is 209 Å². The molecule has 20 rings (SSSR count). The molecule has 786 valence electrons. The Morgan fingerprint density at radius 1 is 0.353 bits per heavy atom. The summed E-state index contributed by atoms with van der Waals surface area (Å²) in [4.78, 5) is 94.8. The second kappa shape index (κ2) is 56.5. The van der Waals surface area contributed by atoms with Crippen LogP contribution in [0.5, 0.6) is 0 Å². The zero-order chi connectivity index (χ0) is 107. The largest absolute Gasteiger partial charge is 0.461 e. The summed E-state index contributed by atoms with van der Waals surface area (Å²) in [6.07, 6.45) is 12.9. The highest BCUT2D eigenvalue weighted by atomic mass is 32.2. The van der Waals surface area contributed by atoms with Crippen molar-refractivity contribution in [3.63, 3.8) is 0 Å². The molecule has 6 aliphatic rings. The van der Waals surface area contributed by atoms with Crippen molar-refractivity contribution < 1.29 is 97.0 Å². The summed E-state index contributed by atoms with van der Waals surface area (Å²) in [6.45, 7) is 11.5. The van der Waals surface area contributed by atoms with Crippen LogP contribution in [-0.2, 0) is 95.9 Å². The second-order valence-corrected chi connectivity index (χ2v) is 45.1. The Labute approximate surface area is 883 Å². The van der Waals surface area contributed by atoms with Crippen LogP contribution in [0.15, 0.2) is 442 Å². The molecule has 0 spiro atoms. The Kier molecular flexibility index (Phi) is 43.4. The van der Waals surface area contributed by atoms with Crippen LogP contribution in [0.25, 0.3) is 0 Å². The lowest BCUT2D eigenvalue weighted by atomic mass is 9.48. The van der Waals surface area contributed by atoms with Crippen molar-refractivity contribution >= 4 is 79.6 Å². The molecular weight excluding hydrogens is 2000 g/mol. The van der Waals surface area contributed by atoms with Crippen LogP contribution in [0.2, 0.25) is 0 Å².